The molecule has 1 unspecified atom stereocenters. The van der Waals surface area contributed by atoms with Crippen LogP contribution in [0, 0.1) is 0 Å². The average molecular weight is 281 g/mol. The first-order valence-corrected chi connectivity index (χ1v) is 6.67. The Bertz CT molecular complexity index is 501. The summed E-state index contributed by atoms with van der Waals surface area (Å²) in [6, 6.07) is -0.472. The molecule has 0 bridgehead atoms. The molecule has 110 valence electrons. The van der Waals surface area contributed by atoms with E-state index in [1.54, 1.807) is 23.1 Å². The molecule has 0 aliphatic carbocycles. The van der Waals surface area contributed by atoms with Crippen LogP contribution in [0.5, 0.6) is 0 Å². The predicted molar refractivity (Wildman–Crippen MR) is 69.9 cm³/mol. The van der Waals surface area contributed by atoms with Crippen molar-refractivity contribution >= 4 is 12.0 Å². The number of nitrogens with zero attached hydrogens (tertiary/aromatic N) is 5. The molecule has 2 heterocycles. The largest absolute Gasteiger partial charge is 0.481 e. The van der Waals surface area contributed by atoms with Gasteiger partial charge in [0.25, 0.3) is 0 Å². The molecular weight excluding hydrogens is 262 g/mol. The zero-order valence-corrected chi connectivity index (χ0v) is 11.7. The number of carbonyl (C=O) groups excluding carboxylic acids is 1. The van der Waals surface area contributed by atoms with Crippen LogP contribution in [-0.2, 0) is 17.9 Å². The fourth-order valence-corrected chi connectivity index (χ4v) is 2.41. The number of aromatic nitrogens is 3. The molecule has 1 aliphatic heterocycles. The lowest BCUT2D eigenvalue weighted by Crippen LogP contribution is -2.49. The number of rotatable bonds is 4. The van der Waals surface area contributed by atoms with Crippen molar-refractivity contribution in [2.75, 3.05) is 13.1 Å². The highest BCUT2D eigenvalue weighted by atomic mass is 16.4. The minimum Gasteiger partial charge on any atom is -0.481 e. The maximum Gasteiger partial charge on any atom is 0.320 e. The summed E-state index contributed by atoms with van der Waals surface area (Å²) in [5.74, 6) is -0.145. The summed E-state index contributed by atoms with van der Waals surface area (Å²) in [7, 11) is 0. The smallest absolute Gasteiger partial charge is 0.320 e. The van der Waals surface area contributed by atoms with Crippen molar-refractivity contribution in [2.24, 2.45) is 0 Å². The third kappa shape index (κ3) is 2.89. The highest BCUT2D eigenvalue weighted by Gasteiger charge is 2.28. The second-order valence-electron chi connectivity index (χ2n) is 4.88. The van der Waals surface area contributed by atoms with Crippen LogP contribution in [0.3, 0.4) is 0 Å². The minimum atomic E-state index is -0.901. The monoisotopic (exact) mass is 281 g/mol. The molecule has 0 spiro atoms. The van der Waals surface area contributed by atoms with Gasteiger partial charge in [0.2, 0.25) is 0 Å². The van der Waals surface area contributed by atoms with E-state index in [9.17, 15) is 9.59 Å². The van der Waals surface area contributed by atoms with Gasteiger partial charge in [-0.3, -0.25) is 4.79 Å². The van der Waals surface area contributed by atoms with Gasteiger partial charge < -0.3 is 19.5 Å². The van der Waals surface area contributed by atoms with Gasteiger partial charge in [0.1, 0.15) is 6.33 Å². The van der Waals surface area contributed by atoms with Gasteiger partial charge in [0, 0.05) is 25.7 Å². The second kappa shape index (κ2) is 5.89. The van der Waals surface area contributed by atoms with Crippen molar-refractivity contribution in [1.82, 2.24) is 24.6 Å². The third-order valence-electron chi connectivity index (χ3n) is 3.50. The van der Waals surface area contributed by atoms with E-state index in [1.807, 2.05) is 11.5 Å². The molecule has 0 saturated heterocycles. The number of carboxylic acids is 1. The van der Waals surface area contributed by atoms with Crippen molar-refractivity contribution in [3.8, 4) is 0 Å². The fourth-order valence-electron chi connectivity index (χ4n) is 2.41. The lowest BCUT2D eigenvalue weighted by molar-refractivity contribution is -0.138. The zero-order valence-electron chi connectivity index (χ0n) is 11.7. The first-order chi connectivity index (χ1) is 9.52. The Hall–Kier alpha value is -2.12. The summed E-state index contributed by atoms with van der Waals surface area (Å²) < 4.78 is 1.92. The Kier molecular flexibility index (Phi) is 4.21. The fraction of sp³-hybridized carbons (Fsp3) is 0.667. The SMILES string of the molecule is CCN(C(=O)N1CCn2cnnc2C1)C(C)CC(=O)O. The molecule has 1 aliphatic rings. The molecule has 8 nitrogen and oxygen atoms in total. The Morgan fingerprint density at radius 1 is 1.50 bits per heavy atom. The van der Waals surface area contributed by atoms with E-state index < -0.39 is 5.97 Å². The lowest BCUT2D eigenvalue weighted by atomic mass is 10.2. The van der Waals surface area contributed by atoms with Crippen LogP contribution in [-0.4, -0.2) is 60.8 Å². The first-order valence-electron chi connectivity index (χ1n) is 6.67. The Morgan fingerprint density at radius 3 is 2.90 bits per heavy atom. The quantitative estimate of drug-likeness (QED) is 0.862. The molecule has 2 rings (SSSR count). The van der Waals surface area contributed by atoms with E-state index in [-0.39, 0.29) is 18.5 Å². The highest BCUT2D eigenvalue weighted by Crippen LogP contribution is 2.14. The number of amides is 2. The van der Waals surface area contributed by atoms with E-state index in [0.717, 1.165) is 5.82 Å². The van der Waals surface area contributed by atoms with Gasteiger partial charge in [-0.05, 0) is 13.8 Å². The van der Waals surface area contributed by atoms with Gasteiger partial charge in [0.15, 0.2) is 5.82 Å². The van der Waals surface area contributed by atoms with Gasteiger partial charge in [-0.25, -0.2) is 4.79 Å². The minimum absolute atomic E-state index is 0.0520. The van der Waals surface area contributed by atoms with Crippen LogP contribution in [0.15, 0.2) is 6.33 Å². The van der Waals surface area contributed by atoms with Crippen LogP contribution in [0.1, 0.15) is 26.1 Å². The lowest BCUT2D eigenvalue weighted by Gasteiger charge is -2.35. The molecule has 0 aromatic carbocycles. The zero-order chi connectivity index (χ0) is 14.7. The van der Waals surface area contributed by atoms with Gasteiger partial charge in [-0.15, -0.1) is 10.2 Å². The van der Waals surface area contributed by atoms with Crippen molar-refractivity contribution in [1.29, 1.82) is 0 Å². The molecule has 1 N–H and O–H groups in total. The molecule has 20 heavy (non-hydrogen) atoms. The summed E-state index contributed by atoms with van der Waals surface area (Å²) in [5.41, 5.74) is 0. The summed E-state index contributed by atoms with van der Waals surface area (Å²) in [6.07, 6.45) is 1.60. The molecule has 1 atom stereocenters. The first kappa shape index (κ1) is 14.3. The number of aliphatic carboxylic acids is 1. The number of urea groups is 1. The maximum absolute atomic E-state index is 12.5. The molecule has 1 aromatic rings. The maximum atomic E-state index is 12.5. The number of hydrogen-bond acceptors (Lipinski definition) is 4. The highest BCUT2D eigenvalue weighted by molar-refractivity contribution is 5.76. The number of hydrogen-bond donors (Lipinski definition) is 1. The molecule has 0 fully saturated rings. The Balaban J connectivity index is 2.04. The average Bonchev–Trinajstić information content (AvgIpc) is 2.85. The normalized spacial score (nSPS) is 15.6. The summed E-state index contributed by atoms with van der Waals surface area (Å²) >= 11 is 0. The summed E-state index contributed by atoms with van der Waals surface area (Å²) in [5, 5.41) is 16.6. The number of fused-ring (bicyclic) bond motifs is 1. The molecular formula is C12H19N5O3. The number of carbonyl (C=O) groups is 2. The summed E-state index contributed by atoms with van der Waals surface area (Å²) in [6.45, 7) is 5.75. The molecule has 1 aromatic heterocycles. The standard InChI is InChI=1S/C12H19N5O3/c1-3-17(9(2)6-11(18)19)12(20)15-4-5-16-8-13-14-10(16)7-15/h8-9H,3-7H2,1-2H3,(H,18,19). The van der Waals surface area contributed by atoms with E-state index in [4.69, 9.17) is 5.11 Å². The van der Waals surface area contributed by atoms with Crippen molar-refractivity contribution in [3.05, 3.63) is 12.2 Å². The summed E-state index contributed by atoms with van der Waals surface area (Å²) in [4.78, 5) is 26.5. The van der Waals surface area contributed by atoms with Crippen LogP contribution < -0.4 is 0 Å². The third-order valence-corrected chi connectivity index (χ3v) is 3.50. The van der Waals surface area contributed by atoms with Crippen LogP contribution in [0.2, 0.25) is 0 Å². The van der Waals surface area contributed by atoms with Gasteiger partial charge in [-0.1, -0.05) is 0 Å². The van der Waals surface area contributed by atoms with Gasteiger partial charge >= 0.3 is 12.0 Å². The van der Waals surface area contributed by atoms with Gasteiger partial charge in [0.05, 0.1) is 13.0 Å². The topological polar surface area (TPSA) is 91.6 Å². The van der Waals surface area contributed by atoms with E-state index in [0.29, 0.717) is 26.2 Å². The second-order valence-corrected chi connectivity index (χ2v) is 4.88. The molecule has 0 radical (unpaired) electrons. The van der Waals surface area contributed by atoms with E-state index in [1.165, 1.54) is 0 Å². The molecule has 0 saturated carbocycles. The van der Waals surface area contributed by atoms with Crippen LogP contribution >= 0.6 is 0 Å². The van der Waals surface area contributed by atoms with Crippen molar-refractivity contribution < 1.29 is 14.7 Å². The van der Waals surface area contributed by atoms with E-state index in [2.05, 4.69) is 10.2 Å². The van der Waals surface area contributed by atoms with Gasteiger partial charge in [-0.2, -0.15) is 0 Å². The Morgan fingerprint density at radius 2 is 2.25 bits per heavy atom. The van der Waals surface area contributed by atoms with Crippen LogP contribution in [0.25, 0.3) is 0 Å². The number of carboxylic acid groups (broad SMARTS) is 1. The molecule has 8 heteroatoms. The Labute approximate surface area is 117 Å². The predicted octanol–water partition coefficient (Wildman–Crippen LogP) is 0.399. The van der Waals surface area contributed by atoms with Crippen molar-refractivity contribution in [2.45, 2.75) is 39.4 Å². The van der Waals surface area contributed by atoms with Crippen LogP contribution in [0.4, 0.5) is 4.79 Å². The van der Waals surface area contributed by atoms with Crippen molar-refractivity contribution in [3.63, 3.8) is 0 Å². The van der Waals surface area contributed by atoms with E-state index >= 15 is 0 Å². The molecule has 2 amide bonds.